The van der Waals surface area contributed by atoms with Crippen molar-refractivity contribution in [1.82, 2.24) is 14.1 Å². The predicted octanol–water partition coefficient (Wildman–Crippen LogP) is 5.14. The van der Waals surface area contributed by atoms with Crippen LogP contribution in [-0.4, -0.2) is 25.3 Å². The number of aliphatic hydroxyl groups is 1. The van der Waals surface area contributed by atoms with Crippen LogP contribution < -0.4 is 0 Å². The van der Waals surface area contributed by atoms with E-state index in [9.17, 15) is 13.9 Å². The van der Waals surface area contributed by atoms with Crippen LogP contribution in [0.15, 0.2) is 72.8 Å². The van der Waals surface area contributed by atoms with Gasteiger partial charge in [-0.05, 0) is 24.3 Å². The van der Waals surface area contributed by atoms with Gasteiger partial charge in [0.05, 0.1) is 30.2 Å². The number of aromatic nitrogens is 3. The number of imidazole rings is 1. The van der Waals surface area contributed by atoms with Gasteiger partial charge in [-0.25, -0.2) is 13.8 Å². The maximum absolute atomic E-state index is 13.5. The molecule has 29 heavy (non-hydrogen) atoms. The Morgan fingerprint density at radius 3 is 1.86 bits per heavy atom. The van der Waals surface area contributed by atoms with E-state index < -0.39 is 12.5 Å². The van der Waals surface area contributed by atoms with Gasteiger partial charge in [-0.2, -0.15) is 0 Å². The van der Waals surface area contributed by atoms with E-state index in [-0.39, 0.29) is 12.4 Å². The number of benzene rings is 3. The van der Waals surface area contributed by atoms with Crippen molar-refractivity contribution in [2.75, 3.05) is 0 Å². The second-order valence-corrected chi connectivity index (χ2v) is 7.17. The molecule has 0 spiro atoms. The second-order valence-electron chi connectivity index (χ2n) is 7.17. The van der Waals surface area contributed by atoms with Gasteiger partial charge in [0.2, 0.25) is 0 Å². The van der Waals surface area contributed by atoms with E-state index in [2.05, 4.69) is 21.7 Å². The van der Waals surface area contributed by atoms with E-state index in [4.69, 9.17) is 0 Å². The molecule has 0 aliphatic rings. The minimum Gasteiger partial charge on any atom is -0.389 e. The molecular weight excluding hydrogens is 372 g/mol. The number of para-hydroxylation sites is 4. The van der Waals surface area contributed by atoms with Crippen LogP contribution in [0.3, 0.4) is 0 Å². The van der Waals surface area contributed by atoms with Crippen molar-refractivity contribution < 1.29 is 13.9 Å². The van der Waals surface area contributed by atoms with Gasteiger partial charge in [0.15, 0.2) is 5.82 Å². The first kappa shape index (κ1) is 17.8. The van der Waals surface area contributed by atoms with Crippen LogP contribution in [0.2, 0.25) is 0 Å². The molecule has 5 aromatic rings. The molecule has 146 valence electrons. The van der Waals surface area contributed by atoms with Crippen LogP contribution in [0.1, 0.15) is 12.2 Å². The first-order valence-corrected chi connectivity index (χ1v) is 9.51. The number of halogens is 2. The molecule has 0 fully saturated rings. The largest absolute Gasteiger partial charge is 0.389 e. The molecule has 1 unspecified atom stereocenters. The molecule has 2 aromatic heterocycles. The first-order chi connectivity index (χ1) is 14.1. The average Bonchev–Trinajstić information content (AvgIpc) is 3.25. The quantitative estimate of drug-likeness (QED) is 0.451. The molecular formula is C23H19F2N3O. The molecule has 1 N–H and O–H groups in total. The average molecular weight is 391 g/mol. The monoisotopic (exact) mass is 391 g/mol. The molecule has 0 aliphatic heterocycles. The number of hydrogen-bond donors (Lipinski definition) is 1. The lowest BCUT2D eigenvalue weighted by atomic mass is 10.2. The van der Waals surface area contributed by atoms with Crippen LogP contribution in [0.4, 0.5) is 8.78 Å². The molecule has 0 aliphatic carbocycles. The van der Waals surface area contributed by atoms with E-state index >= 15 is 0 Å². The fraction of sp³-hybridized carbons (Fsp3) is 0.174. The van der Waals surface area contributed by atoms with Gasteiger partial charge in [-0.15, -0.1) is 0 Å². The van der Waals surface area contributed by atoms with Crippen LogP contribution >= 0.6 is 0 Å². The van der Waals surface area contributed by atoms with E-state index in [1.165, 1.54) is 4.57 Å². The summed E-state index contributed by atoms with van der Waals surface area (Å²) in [6.45, 7) is 0.338. The van der Waals surface area contributed by atoms with Crippen LogP contribution in [0.5, 0.6) is 0 Å². The van der Waals surface area contributed by atoms with Gasteiger partial charge < -0.3 is 14.2 Å². The van der Waals surface area contributed by atoms with Gasteiger partial charge >= 0.3 is 0 Å². The fourth-order valence-electron chi connectivity index (χ4n) is 4.13. The summed E-state index contributed by atoms with van der Waals surface area (Å²) in [6.07, 6.45) is -3.56. The maximum atomic E-state index is 13.5. The number of alkyl halides is 2. The zero-order valence-electron chi connectivity index (χ0n) is 15.5. The smallest absolute Gasteiger partial charge is 0.295 e. The fourth-order valence-corrected chi connectivity index (χ4v) is 4.13. The third kappa shape index (κ3) is 2.96. The highest BCUT2D eigenvalue weighted by Gasteiger charge is 2.21. The van der Waals surface area contributed by atoms with Crippen molar-refractivity contribution in [3.63, 3.8) is 0 Å². The maximum Gasteiger partial charge on any atom is 0.295 e. The van der Waals surface area contributed by atoms with E-state index in [0.717, 1.165) is 21.8 Å². The van der Waals surface area contributed by atoms with Crippen LogP contribution in [0, 0.1) is 0 Å². The standard InChI is InChI=1S/C23H19F2N3O/c24-22(25)23-26-18-9-3-6-12-21(18)28(23)14-15(29)13-27-19-10-4-1-7-16(19)17-8-2-5-11-20(17)27/h1-12,15,22,29H,13-14H2. The molecule has 0 saturated carbocycles. The van der Waals surface area contributed by atoms with Gasteiger partial charge in [-0.3, -0.25) is 0 Å². The molecule has 0 radical (unpaired) electrons. The first-order valence-electron chi connectivity index (χ1n) is 9.51. The van der Waals surface area contributed by atoms with Crippen molar-refractivity contribution in [2.24, 2.45) is 0 Å². The number of fused-ring (bicyclic) bond motifs is 4. The molecule has 0 amide bonds. The molecule has 2 heterocycles. The Balaban J connectivity index is 1.54. The highest BCUT2D eigenvalue weighted by atomic mass is 19.3. The van der Waals surface area contributed by atoms with Gasteiger partial charge in [0.25, 0.3) is 6.43 Å². The van der Waals surface area contributed by atoms with E-state index in [1.807, 2.05) is 36.4 Å². The Kier molecular flexibility index (Phi) is 4.28. The summed E-state index contributed by atoms with van der Waals surface area (Å²) >= 11 is 0. The lowest BCUT2D eigenvalue weighted by Gasteiger charge is -2.17. The van der Waals surface area contributed by atoms with Crippen molar-refractivity contribution in [3.8, 4) is 0 Å². The summed E-state index contributed by atoms with van der Waals surface area (Å²) in [7, 11) is 0. The Labute approximate surface area is 165 Å². The van der Waals surface area contributed by atoms with Crippen molar-refractivity contribution >= 4 is 32.8 Å². The second kappa shape index (κ2) is 6.97. The minimum atomic E-state index is -2.71. The summed E-state index contributed by atoms with van der Waals surface area (Å²) < 4.78 is 30.6. The van der Waals surface area contributed by atoms with Crippen LogP contribution in [0.25, 0.3) is 32.8 Å². The number of aliphatic hydroxyl groups excluding tert-OH is 1. The predicted molar refractivity (Wildman–Crippen MR) is 110 cm³/mol. The number of hydrogen-bond acceptors (Lipinski definition) is 2. The zero-order valence-corrected chi connectivity index (χ0v) is 15.5. The zero-order chi connectivity index (χ0) is 20.0. The normalized spacial score (nSPS) is 13.1. The number of nitrogens with zero attached hydrogens (tertiary/aromatic N) is 3. The van der Waals surface area contributed by atoms with Gasteiger partial charge in [0.1, 0.15) is 0 Å². The third-order valence-electron chi connectivity index (χ3n) is 5.35. The molecule has 0 saturated heterocycles. The van der Waals surface area contributed by atoms with Crippen molar-refractivity contribution in [1.29, 1.82) is 0 Å². The summed E-state index contributed by atoms with van der Waals surface area (Å²) in [4.78, 5) is 4.06. The SMILES string of the molecule is OC(Cn1c(C(F)F)nc2ccccc21)Cn1c2ccccc2c2ccccc21. The summed E-state index contributed by atoms with van der Waals surface area (Å²) in [5.74, 6) is -0.313. The third-order valence-corrected chi connectivity index (χ3v) is 5.35. The van der Waals surface area contributed by atoms with E-state index in [1.54, 1.807) is 24.3 Å². The number of rotatable bonds is 5. The van der Waals surface area contributed by atoms with Crippen molar-refractivity contribution in [3.05, 3.63) is 78.6 Å². The Bertz CT molecular complexity index is 1270. The molecule has 3 aromatic carbocycles. The summed E-state index contributed by atoms with van der Waals surface area (Å²) in [6, 6.07) is 23.0. The molecule has 0 bridgehead atoms. The Morgan fingerprint density at radius 1 is 0.724 bits per heavy atom. The highest BCUT2D eigenvalue weighted by molar-refractivity contribution is 6.07. The van der Waals surface area contributed by atoms with Crippen molar-refractivity contribution in [2.45, 2.75) is 25.6 Å². The summed E-state index contributed by atoms with van der Waals surface area (Å²) in [5, 5.41) is 13.1. The van der Waals surface area contributed by atoms with Gasteiger partial charge in [-0.1, -0.05) is 48.5 Å². The Hall–Kier alpha value is -3.25. The molecule has 6 heteroatoms. The lowest BCUT2D eigenvalue weighted by Crippen LogP contribution is -2.23. The topological polar surface area (TPSA) is 43.0 Å². The summed E-state index contributed by atoms with van der Waals surface area (Å²) in [5.41, 5.74) is 3.13. The lowest BCUT2D eigenvalue weighted by molar-refractivity contribution is 0.114. The Morgan fingerprint density at radius 2 is 1.24 bits per heavy atom. The van der Waals surface area contributed by atoms with Gasteiger partial charge in [0, 0.05) is 21.8 Å². The molecule has 1 atom stereocenters. The highest BCUT2D eigenvalue weighted by Crippen LogP contribution is 2.29. The minimum absolute atomic E-state index is 0.0427. The van der Waals surface area contributed by atoms with E-state index in [0.29, 0.717) is 17.6 Å². The molecule has 5 rings (SSSR count). The van der Waals surface area contributed by atoms with Crippen LogP contribution in [-0.2, 0) is 13.1 Å². The molecule has 4 nitrogen and oxygen atoms in total.